The Morgan fingerprint density at radius 1 is 1.26 bits per heavy atom. The molecule has 0 amide bonds. The van der Waals surface area contributed by atoms with E-state index in [1.165, 1.54) is 11.8 Å². The van der Waals surface area contributed by atoms with Crippen molar-refractivity contribution in [1.82, 2.24) is 9.66 Å². The second-order valence-electron chi connectivity index (χ2n) is 7.20. The van der Waals surface area contributed by atoms with Crippen molar-refractivity contribution < 1.29 is 19.0 Å². The molecule has 34 heavy (non-hydrogen) atoms. The van der Waals surface area contributed by atoms with Crippen LogP contribution >= 0.6 is 15.9 Å². The van der Waals surface area contributed by atoms with Crippen molar-refractivity contribution >= 4 is 39.0 Å². The van der Waals surface area contributed by atoms with Gasteiger partial charge in [0.25, 0.3) is 5.56 Å². The van der Waals surface area contributed by atoms with Crippen molar-refractivity contribution in [1.29, 1.82) is 0 Å². The van der Waals surface area contributed by atoms with E-state index in [9.17, 15) is 9.59 Å². The second-order valence-corrected chi connectivity index (χ2v) is 8.12. The highest BCUT2D eigenvalue weighted by Crippen LogP contribution is 2.33. The molecule has 0 aliphatic carbocycles. The van der Waals surface area contributed by atoms with E-state index in [1.54, 1.807) is 37.4 Å². The molecule has 0 fully saturated rings. The molecule has 1 aromatic heterocycles. The largest absolute Gasteiger partial charge is 0.493 e. The van der Waals surface area contributed by atoms with Gasteiger partial charge in [-0.05, 0) is 49.2 Å². The molecule has 0 radical (unpaired) electrons. The number of methoxy groups -OCH3 is 1. The summed E-state index contributed by atoms with van der Waals surface area (Å²) in [6, 6.07) is 8.95. The maximum absolute atomic E-state index is 13.1. The van der Waals surface area contributed by atoms with Crippen molar-refractivity contribution in [2.45, 2.75) is 26.7 Å². The number of hydrogen-bond acceptors (Lipinski definition) is 7. The number of nitrogens with zero attached hydrogens (tertiary/aromatic N) is 3. The molecule has 0 bridgehead atoms. The topological polar surface area (TPSA) is 92.0 Å². The molecule has 178 valence electrons. The molecule has 3 aromatic rings. The number of allylic oxidation sites excluding steroid dienone is 1. The fraction of sp³-hybridized carbons (Fsp3) is 0.280. The molecule has 0 spiro atoms. The van der Waals surface area contributed by atoms with E-state index in [0.717, 1.165) is 10.0 Å². The molecular formula is C25H26BrN3O5. The zero-order chi connectivity index (χ0) is 24.7. The average Bonchev–Trinajstić information content (AvgIpc) is 2.83. The summed E-state index contributed by atoms with van der Waals surface area (Å²) in [5.41, 5.74) is 1.80. The van der Waals surface area contributed by atoms with Gasteiger partial charge in [-0.1, -0.05) is 28.9 Å². The fourth-order valence-electron chi connectivity index (χ4n) is 3.38. The first-order valence-electron chi connectivity index (χ1n) is 10.8. The first kappa shape index (κ1) is 25.2. The minimum Gasteiger partial charge on any atom is -0.493 e. The van der Waals surface area contributed by atoms with Crippen LogP contribution in [0.5, 0.6) is 11.5 Å². The van der Waals surface area contributed by atoms with E-state index in [1.807, 2.05) is 19.1 Å². The SMILES string of the molecule is C=CCc1cc(C=Nn2c(CC)nc3ccc(Br)cc3c2=O)cc(OC)c1OCC(=O)OCC. The van der Waals surface area contributed by atoms with Crippen molar-refractivity contribution in [3.63, 3.8) is 0 Å². The van der Waals surface area contributed by atoms with Crippen LogP contribution in [-0.2, 0) is 22.4 Å². The lowest BCUT2D eigenvalue weighted by molar-refractivity contribution is -0.145. The van der Waals surface area contributed by atoms with Gasteiger partial charge in [-0.25, -0.2) is 9.78 Å². The summed E-state index contributed by atoms with van der Waals surface area (Å²) in [7, 11) is 1.51. The first-order chi connectivity index (χ1) is 16.4. The molecule has 2 aromatic carbocycles. The number of carbonyl (C=O) groups excluding carboxylic acids is 1. The molecule has 0 atom stereocenters. The van der Waals surface area contributed by atoms with Gasteiger partial charge in [-0.15, -0.1) is 6.58 Å². The minimum absolute atomic E-state index is 0.241. The molecule has 1 heterocycles. The van der Waals surface area contributed by atoms with Crippen LogP contribution in [0.2, 0.25) is 0 Å². The smallest absolute Gasteiger partial charge is 0.344 e. The number of halogens is 1. The summed E-state index contributed by atoms with van der Waals surface area (Å²) in [6.07, 6.45) is 4.29. The third kappa shape index (κ3) is 5.72. The molecule has 3 rings (SSSR count). The van der Waals surface area contributed by atoms with Gasteiger partial charge in [0.05, 0.1) is 30.8 Å². The Kier molecular flexibility index (Phi) is 8.59. The van der Waals surface area contributed by atoms with E-state index >= 15 is 0 Å². The zero-order valence-electron chi connectivity index (χ0n) is 19.3. The van der Waals surface area contributed by atoms with Gasteiger partial charge in [-0.2, -0.15) is 9.78 Å². The molecule has 8 nitrogen and oxygen atoms in total. The number of benzene rings is 2. The number of esters is 1. The summed E-state index contributed by atoms with van der Waals surface area (Å²) in [5.74, 6) is 0.926. The van der Waals surface area contributed by atoms with Gasteiger partial charge in [0, 0.05) is 16.5 Å². The van der Waals surface area contributed by atoms with Crippen LogP contribution in [0, 0.1) is 0 Å². The second kappa shape index (κ2) is 11.6. The van der Waals surface area contributed by atoms with Crippen molar-refractivity contribution in [2.24, 2.45) is 5.10 Å². The molecule has 0 aliphatic heterocycles. The van der Waals surface area contributed by atoms with Crippen LogP contribution in [0.25, 0.3) is 10.9 Å². The molecule has 9 heteroatoms. The van der Waals surface area contributed by atoms with Crippen LogP contribution in [-0.4, -0.2) is 42.2 Å². The maximum atomic E-state index is 13.1. The predicted octanol–water partition coefficient (Wildman–Crippen LogP) is 4.28. The highest BCUT2D eigenvalue weighted by atomic mass is 79.9. The van der Waals surface area contributed by atoms with Crippen LogP contribution < -0.4 is 15.0 Å². The van der Waals surface area contributed by atoms with Crippen molar-refractivity contribution in [3.8, 4) is 11.5 Å². The Morgan fingerprint density at radius 2 is 2.06 bits per heavy atom. The van der Waals surface area contributed by atoms with E-state index in [-0.39, 0.29) is 18.8 Å². The molecule has 0 saturated carbocycles. The number of fused-ring (bicyclic) bond motifs is 1. The standard InChI is InChI=1S/C25H26BrN3O5/c1-5-8-17-11-16(12-21(32-4)24(17)34-15-23(30)33-7-3)14-27-29-22(6-2)28-20-10-9-18(26)13-19(20)25(29)31/h5,9-14H,1,6-8,15H2,2-4H3. The van der Waals surface area contributed by atoms with E-state index in [2.05, 4.69) is 32.6 Å². The Labute approximate surface area is 206 Å². The summed E-state index contributed by atoms with van der Waals surface area (Å²) in [6.45, 7) is 7.47. The third-order valence-corrected chi connectivity index (χ3v) is 5.39. The molecule has 0 unspecified atom stereocenters. The first-order valence-corrected chi connectivity index (χ1v) is 11.6. The highest BCUT2D eigenvalue weighted by Gasteiger charge is 2.15. The summed E-state index contributed by atoms with van der Waals surface area (Å²) >= 11 is 3.40. The lowest BCUT2D eigenvalue weighted by atomic mass is 10.1. The molecule has 0 aliphatic rings. The zero-order valence-corrected chi connectivity index (χ0v) is 20.9. The number of aryl methyl sites for hydroxylation is 1. The van der Waals surface area contributed by atoms with Crippen LogP contribution in [0.3, 0.4) is 0 Å². The van der Waals surface area contributed by atoms with Gasteiger partial charge < -0.3 is 14.2 Å². The average molecular weight is 528 g/mol. The summed E-state index contributed by atoms with van der Waals surface area (Å²) in [5, 5.41) is 4.91. The normalized spacial score (nSPS) is 11.1. The van der Waals surface area contributed by atoms with Crippen LogP contribution in [0.1, 0.15) is 30.8 Å². The Balaban J connectivity index is 2.03. The lowest BCUT2D eigenvalue weighted by Gasteiger charge is -2.15. The van der Waals surface area contributed by atoms with Gasteiger partial charge >= 0.3 is 5.97 Å². The Bertz CT molecular complexity index is 1300. The monoisotopic (exact) mass is 527 g/mol. The fourth-order valence-corrected chi connectivity index (χ4v) is 3.74. The summed E-state index contributed by atoms with van der Waals surface area (Å²) in [4.78, 5) is 29.4. The predicted molar refractivity (Wildman–Crippen MR) is 135 cm³/mol. The third-order valence-electron chi connectivity index (χ3n) is 4.89. The Hall–Kier alpha value is -3.46. The summed E-state index contributed by atoms with van der Waals surface area (Å²) < 4.78 is 18.2. The Morgan fingerprint density at radius 3 is 2.74 bits per heavy atom. The molecule has 0 N–H and O–H groups in total. The number of ether oxygens (including phenoxy) is 3. The van der Waals surface area contributed by atoms with Gasteiger partial charge in [0.15, 0.2) is 18.1 Å². The number of carbonyl (C=O) groups is 1. The van der Waals surface area contributed by atoms with E-state index < -0.39 is 5.97 Å². The van der Waals surface area contributed by atoms with Gasteiger partial charge in [0.2, 0.25) is 0 Å². The van der Waals surface area contributed by atoms with E-state index in [0.29, 0.717) is 46.6 Å². The molecule has 0 saturated heterocycles. The van der Waals surface area contributed by atoms with Crippen LogP contribution in [0.15, 0.2) is 57.4 Å². The maximum Gasteiger partial charge on any atom is 0.344 e. The van der Waals surface area contributed by atoms with Crippen LogP contribution in [0.4, 0.5) is 0 Å². The highest BCUT2D eigenvalue weighted by molar-refractivity contribution is 9.10. The minimum atomic E-state index is -0.471. The van der Waals surface area contributed by atoms with Gasteiger partial charge in [0.1, 0.15) is 5.82 Å². The molecular weight excluding hydrogens is 502 g/mol. The lowest BCUT2D eigenvalue weighted by Crippen LogP contribution is -2.22. The number of hydrogen-bond donors (Lipinski definition) is 0. The van der Waals surface area contributed by atoms with Crippen molar-refractivity contribution in [3.05, 3.63) is 74.8 Å². The van der Waals surface area contributed by atoms with Gasteiger partial charge in [-0.3, -0.25) is 4.79 Å². The van der Waals surface area contributed by atoms with E-state index in [4.69, 9.17) is 14.2 Å². The number of rotatable bonds is 10. The number of aromatic nitrogens is 2. The van der Waals surface area contributed by atoms with Crippen molar-refractivity contribution in [2.75, 3.05) is 20.3 Å². The quantitative estimate of drug-likeness (QED) is 0.222.